The van der Waals surface area contributed by atoms with Crippen molar-refractivity contribution in [3.05, 3.63) is 41.0 Å². The summed E-state index contributed by atoms with van der Waals surface area (Å²) in [5.41, 5.74) is 9.46. The van der Waals surface area contributed by atoms with Gasteiger partial charge in [0.1, 0.15) is 0 Å². The SMILES string of the molecule is CC1=CCN(C(=O)c2ccc(N)cc2C)CC1. The maximum Gasteiger partial charge on any atom is 0.254 e. The maximum atomic E-state index is 12.3. The molecule has 0 atom stereocenters. The minimum Gasteiger partial charge on any atom is -0.399 e. The van der Waals surface area contributed by atoms with Crippen molar-refractivity contribution in [3.8, 4) is 0 Å². The maximum absolute atomic E-state index is 12.3. The Morgan fingerprint density at radius 2 is 2.12 bits per heavy atom. The van der Waals surface area contributed by atoms with Gasteiger partial charge in [0.05, 0.1) is 0 Å². The molecule has 1 aromatic carbocycles. The van der Waals surface area contributed by atoms with Crippen molar-refractivity contribution in [2.24, 2.45) is 0 Å². The van der Waals surface area contributed by atoms with Gasteiger partial charge < -0.3 is 10.6 Å². The number of carbonyl (C=O) groups is 1. The fraction of sp³-hybridized carbons (Fsp3) is 0.357. The molecule has 0 aromatic heterocycles. The van der Waals surface area contributed by atoms with E-state index in [-0.39, 0.29) is 5.91 Å². The van der Waals surface area contributed by atoms with Crippen molar-refractivity contribution >= 4 is 11.6 Å². The molecule has 0 bridgehead atoms. The molecule has 1 aromatic rings. The van der Waals surface area contributed by atoms with Crippen LogP contribution in [0.2, 0.25) is 0 Å². The lowest BCUT2D eigenvalue weighted by molar-refractivity contribution is 0.0768. The van der Waals surface area contributed by atoms with E-state index in [2.05, 4.69) is 13.0 Å². The number of anilines is 1. The van der Waals surface area contributed by atoms with Crippen molar-refractivity contribution in [2.75, 3.05) is 18.8 Å². The number of nitrogen functional groups attached to an aromatic ring is 1. The van der Waals surface area contributed by atoms with Gasteiger partial charge in [-0.3, -0.25) is 4.79 Å². The largest absolute Gasteiger partial charge is 0.399 e. The normalized spacial score (nSPS) is 15.6. The second-order valence-electron chi connectivity index (χ2n) is 4.63. The molecule has 0 aliphatic carbocycles. The van der Waals surface area contributed by atoms with Crippen LogP contribution in [0.3, 0.4) is 0 Å². The zero-order valence-corrected chi connectivity index (χ0v) is 10.4. The number of carbonyl (C=O) groups excluding carboxylic acids is 1. The van der Waals surface area contributed by atoms with Gasteiger partial charge in [0.25, 0.3) is 5.91 Å². The van der Waals surface area contributed by atoms with Crippen LogP contribution in [0.15, 0.2) is 29.8 Å². The quantitative estimate of drug-likeness (QED) is 0.594. The molecular formula is C14H18N2O. The van der Waals surface area contributed by atoms with Crippen LogP contribution in [0.5, 0.6) is 0 Å². The lowest BCUT2D eigenvalue weighted by atomic mass is 10.0. The van der Waals surface area contributed by atoms with Gasteiger partial charge in [-0.2, -0.15) is 0 Å². The van der Waals surface area contributed by atoms with Crippen LogP contribution in [-0.2, 0) is 0 Å². The van der Waals surface area contributed by atoms with Crippen LogP contribution < -0.4 is 5.73 Å². The third kappa shape index (κ3) is 2.49. The Balaban J connectivity index is 2.20. The summed E-state index contributed by atoms with van der Waals surface area (Å²) in [6.07, 6.45) is 3.09. The van der Waals surface area contributed by atoms with Crippen LogP contribution in [0.4, 0.5) is 5.69 Å². The number of rotatable bonds is 1. The summed E-state index contributed by atoms with van der Waals surface area (Å²) in [5, 5.41) is 0. The Labute approximate surface area is 102 Å². The molecule has 2 rings (SSSR count). The first-order chi connectivity index (χ1) is 8.08. The van der Waals surface area contributed by atoms with E-state index in [1.54, 1.807) is 6.07 Å². The molecule has 90 valence electrons. The molecule has 0 unspecified atom stereocenters. The van der Waals surface area contributed by atoms with Gasteiger partial charge in [-0.05, 0) is 44.0 Å². The van der Waals surface area contributed by atoms with Gasteiger partial charge in [0.2, 0.25) is 0 Å². The Hall–Kier alpha value is -1.77. The number of nitrogens with zero attached hydrogens (tertiary/aromatic N) is 1. The predicted molar refractivity (Wildman–Crippen MR) is 69.9 cm³/mol. The van der Waals surface area contributed by atoms with Crippen molar-refractivity contribution in [1.29, 1.82) is 0 Å². The van der Waals surface area contributed by atoms with Gasteiger partial charge in [0, 0.05) is 24.3 Å². The first kappa shape index (κ1) is 11.7. The van der Waals surface area contributed by atoms with E-state index in [1.807, 2.05) is 24.0 Å². The summed E-state index contributed by atoms with van der Waals surface area (Å²) < 4.78 is 0. The molecule has 3 heteroatoms. The van der Waals surface area contributed by atoms with Gasteiger partial charge in [0.15, 0.2) is 0 Å². The lowest BCUT2D eigenvalue weighted by Crippen LogP contribution is -2.35. The molecule has 0 saturated heterocycles. The minimum absolute atomic E-state index is 0.103. The molecule has 0 saturated carbocycles. The number of hydrogen-bond acceptors (Lipinski definition) is 2. The average molecular weight is 230 g/mol. The minimum atomic E-state index is 0.103. The van der Waals surface area contributed by atoms with E-state index < -0.39 is 0 Å². The van der Waals surface area contributed by atoms with E-state index in [1.165, 1.54) is 5.57 Å². The summed E-state index contributed by atoms with van der Waals surface area (Å²) in [6, 6.07) is 5.45. The summed E-state index contributed by atoms with van der Waals surface area (Å²) >= 11 is 0. The van der Waals surface area contributed by atoms with Crippen LogP contribution in [0.1, 0.15) is 29.3 Å². The molecule has 0 fully saturated rings. The summed E-state index contributed by atoms with van der Waals surface area (Å²) in [5.74, 6) is 0.103. The summed E-state index contributed by atoms with van der Waals surface area (Å²) in [4.78, 5) is 14.2. The molecular weight excluding hydrogens is 212 g/mol. The molecule has 1 aliphatic rings. The Kier molecular flexibility index (Phi) is 3.18. The number of amides is 1. The van der Waals surface area contributed by atoms with Crippen LogP contribution in [0.25, 0.3) is 0 Å². The van der Waals surface area contributed by atoms with Crippen molar-refractivity contribution in [1.82, 2.24) is 4.90 Å². The van der Waals surface area contributed by atoms with Crippen LogP contribution >= 0.6 is 0 Å². The first-order valence-electron chi connectivity index (χ1n) is 5.89. The highest BCUT2D eigenvalue weighted by atomic mass is 16.2. The summed E-state index contributed by atoms with van der Waals surface area (Å²) in [6.45, 7) is 5.56. The predicted octanol–water partition coefficient (Wildman–Crippen LogP) is 2.37. The van der Waals surface area contributed by atoms with Gasteiger partial charge in [-0.1, -0.05) is 11.6 Å². The molecule has 1 aliphatic heterocycles. The van der Waals surface area contributed by atoms with Crippen LogP contribution in [-0.4, -0.2) is 23.9 Å². The third-order valence-electron chi connectivity index (χ3n) is 3.20. The number of nitrogens with two attached hydrogens (primary N) is 1. The fourth-order valence-electron chi connectivity index (χ4n) is 2.05. The molecule has 0 spiro atoms. The Morgan fingerprint density at radius 1 is 1.35 bits per heavy atom. The standard InChI is InChI=1S/C14H18N2O/c1-10-5-7-16(8-6-10)14(17)13-4-3-12(15)9-11(13)2/h3-5,9H,6-8,15H2,1-2H3. The van der Waals surface area contributed by atoms with E-state index >= 15 is 0 Å². The van der Waals surface area contributed by atoms with Gasteiger partial charge in [-0.15, -0.1) is 0 Å². The molecule has 1 amide bonds. The first-order valence-corrected chi connectivity index (χ1v) is 5.89. The van der Waals surface area contributed by atoms with Crippen molar-refractivity contribution in [3.63, 3.8) is 0 Å². The van der Waals surface area contributed by atoms with Crippen molar-refractivity contribution in [2.45, 2.75) is 20.3 Å². The second-order valence-corrected chi connectivity index (χ2v) is 4.63. The number of hydrogen-bond donors (Lipinski definition) is 1. The van der Waals surface area contributed by atoms with E-state index in [0.717, 1.165) is 24.1 Å². The number of aryl methyl sites for hydroxylation is 1. The molecule has 3 nitrogen and oxygen atoms in total. The highest BCUT2D eigenvalue weighted by Gasteiger charge is 2.18. The van der Waals surface area contributed by atoms with Gasteiger partial charge in [-0.25, -0.2) is 0 Å². The summed E-state index contributed by atoms with van der Waals surface area (Å²) in [7, 11) is 0. The zero-order chi connectivity index (χ0) is 12.4. The molecule has 0 radical (unpaired) electrons. The molecule has 17 heavy (non-hydrogen) atoms. The van der Waals surface area contributed by atoms with Crippen molar-refractivity contribution < 1.29 is 4.79 Å². The highest BCUT2D eigenvalue weighted by molar-refractivity contribution is 5.96. The fourth-order valence-corrected chi connectivity index (χ4v) is 2.05. The smallest absolute Gasteiger partial charge is 0.254 e. The van der Waals surface area contributed by atoms with E-state index in [9.17, 15) is 4.79 Å². The van der Waals surface area contributed by atoms with Gasteiger partial charge >= 0.3 is 0 Å². The average Bonchev–Trinajstić information content (AvgIpc) is 2.29. The Bertz CT molecular complexity index is 477. The topological polar surface area (TPSA) is 46.3 Å². The molecule has 1 heterocycles. The Morgan fingerprint density at radius 3 is 2.71 bits per heavy atom. The van der Waals surface area contributed by atoms with E-state index in [4.69, 9.17) is 5.73 Å². The van der Waals surface area contributed by atoms with Crippen LogP contribution in [0, 0.1) is 6.92 Å². The zero-order valence-electron chi connectivity index (χ0n) is 10.4. The molecule has 2 N–H and O–H groups in total. The highest BCUT2D eigenvalue weighted by Crippen LogP contribution is 2.17. The number of benzene rings is 1. The monoisotopic (exact) mass is 230 g/mol. The van der Waals surface area contributed by atoms with E-state index in [0.29, 0.717) is 12.2 Å². The third-order valence-corrected chi connectivity index (χ3v) is 3.20. The second kappa shape index (κ2) is 4.62. The lowest BCUT2D eigenvalue weighted by Gasteiger charge is -2.26.